The van der Waals surface area contributed by atoms with Crippen LogP contribution in [0.4, 0.5) is 5.82 Å². The summed E-state index contributed by atoms with van der Waals surface area (Å²) in [5.74, 6) is 1.83. The van der Waals surface area contributed by atoms with Crippen molar-refractivity contribution in [2.24, 2.45) is 5.92 Å². The molecule has 1 aliphatic rings. The fourth-order valence-corrected chi connectivity index (χ4v) is 2.49. The van der Waals surface area contributed by atoms with Crippen molar-refractivity contribution in [3.63, 3.8) is 0 Å². The Morgan fingerprint density at radius 1 is 1.44 bits per heavy atom. The SMILES string of the molecule is CC(C)CNCc1cccc(N2CCCC2C)n1. The van der Waals surface area contributed by atoms with Crippen LogP contribution in [0.25, 0.3) is 0 Å². The van der Waals surface area contributed by atoms with Crippen LogP contribution in [0, 0.1) is 5.92 Å². The maximum absolute atomic E-state index is 4.77. The quantitative estimate of drug-likeness (QED) is 0.867. The van der Waals surface area contributed by atoms with Gasteiger partial charge in [-0.3, -0.25) is 0 Å². The number of anilines is 1. The van der Waals surface area contributed by atoms with Gasteiger partial charge in [-0.2, -0.15) is 0 Å². The average molecular weight is 247 g/mol. The Balaban J connectivity index is 1.96. The Bertz CT molecular complexity index is 376. The van der Waals surface area contributed by atoms with Gasteiger partial charge in [0.05, 0.1) is 5.69 Å². The highest BCUT2D eigenvalue weighted by Crippen LogP contribution is 2.23. The van der Waals surface area contributed by atoms with Crippen molar-refractivity contribution >= 4 is 5.82 Å². The van der Waals surface area contributed by atoms with Crippen molar-refractivity contribution in [1.82, 2.24) is 10.3 Å². The van der Waals surface area contributed by atoms with Gasteiger partial charge >= 0.3 is 0 Å². The van der Waals surface area contributed by atoms with E-state index in [0.29, 0.717) is 12.0 Å². The molecule has 0 bridgehead atoms. The minimum atomic E-state index is 0.636. The maximum Gasteiger partial charge on any atom is 0.129 e. The van der Waals surface area contributed by atoms with E-state index in [9.17, 15) is 0 Å². The molecule has 0 saturated carbocycles. The summed E-state index contributed by atoms with van der Waals surface area (Å²) in [6.07, 6.45) is 2.58. The number of pyridine rings is 1. The van der Waals surface area contributed by atoms with E-state index in [1.807, 2.05) is 0 Å². The van der Waals surface area contributed by atoms with Crippen molar-refractivity contribution in [3.05, 3.63) is 23.9 Å². The zero-order chi connectivity index (χ0) is 13.0. The topological polar surface area (TPSA) is 28.2 Å². The van der Waals surface area contributed by atoms with Crippen LogP contribution in [-0.2, 0) is 6.54 Å². The smallest absolute Gasteiger partial charge is 0.129 e. The fourth-order valence-electron chi connectivity index (χ4n) is 2.49. The third-order valence-electron chi connectivity index (χ3n) is 3.50. The van der Waals surface area contributed by atoms with Gasteiger partial charge in [0, 0.05) is 19.1 Å². The van der Waals surface area contributed by atoms with E-state index in [-0.39, 0.29) is 0 Å². The highest BCUT2D eigenvalue weighted by atomic mass is 15.2. The largest absolute Gasteiger partial charge is 0.354 e. The Kier molecular flexibility index (Phi) is 4.59. The van der Waals surface area contributed by atoms with E-state index in [2.05, 4.69) is 49.2 Å². The van der Waals surface area contributed by atoms with Gasteiger partial charge in [-0.1, -0.05) is 19.9 Å². The van der Waals surface area contributed by atoms with Crippen molar-refractivity contribution in [2.75, 3.05) is 18.0 Å². The van der Waals surface area contributed by atoms with E-state index in [4.69, 9.17) is 4.98 Å². The van der Waals surface area contributed by atoms with Crippen molar-refractivity contribution < 1.29 is 0 Å². The molecule has 1 aromatic heterocycles. The monoisotopic (exact) mass is 247 g/mol. The molecule has 1 aromatic rings. The van der Waals surface area contributed by atoms with Crippen LogP contribution in [0.15, 0.2) is 18.2 Å². The molecule has 0 radical (unpaired) electrons. The van der Waals surface area contributed by atoms with Crippen LogP contribution in [0.1, 0.15) is 39.3 Å². The first-order valence-corrected chi connectivity index (χ1v) is 7.10. The molecule has 3 nitrogen and oxygen atoms in total. The molecule has 18 heavy (non-hydrogen) atoms. The summed E-state index contributed by atoms with van der Waals surface area (Å²) in [6.45, 7) is 9.81. The van der Waals surface area contributed by atoms with E-state index in [1.54, 1.807) is 0 Å². The van der Waals surface area contributed by atoms with Gasteiger partial charge in [-0.25, -0.2) is 4.98 Å². The van der Waals surface area contributed by atoms with Crippen molar-refractivity contribution in [1.29, 1.82) is 0 Å². The highest BCUT2D eigenvalue weighted by Gasteiger charge is 2.21. The van der Waals surface area contributed by atoms with Crippen molar-refractivity contribution in [2.45, 2.75) is 46.2 Å². The van der Waals surface area contributed by atoms with E-state index in [0.717, 1.165) is 31.1 Å². The van der Waals surface area contributed by atoms with Gasteiger partial charge in [0.15, 0.2) is 0 Å². The van der Waals surface area contributed by atoms with Crippen LogP contribution in [0.3, 0.4) is 0 Å². The van der Waals surface area contributed by atoms with Gasteiger partial charge in [0.2, 0.25) is 0 Å². The van der Waals surface area contributed by atoms with Gasteiger partial charge in [0.1, 0.15) is 5.82 Å². The van der Waals surface area contributed by atoms with Crippen LogP contribution in [0.2, 0.25) is 0 Å². The lowest BCUT2D eigenvalue weighted by Gasteiger charge is -2.23. The fraction of sp³-hybridized carbons (Fsp3) is 0.667. The summed E-state index contributed by atoms with van der Waals surface area (Å²) in [5, 5.41) is 3.45. The zero-order valence-corrected chi connectivity index (χ0v) is 11.8. The molecule has 1 unspecified atom stereocenters. The molecule has 0 amide bonds. The van der Waals surface area contributed by atoms with Gasteiger partial charge in [-0.15, -0.1) is 0 Å². The molecule has 0 aromatic carbocycles. The number of rotatable bonds is 5. The molecule has 3 heteroatoms. The molecule has 2 rings (SSSR count). The predicted molar refractivity (Wildman–Crippen MR) is 76.8 cm³/mol. The summed E-state index contributed by atoms with van der Waals surface area (Å²) < 4.78 is 0. The van der Waals surface area contributed by atoms with E-state index in [1.165, 1.54) is 12.8 Å². The number of hydrogen-bond acceptors (Lipinski definition) is 3. The second-order valence-corrected chi connectivity index (χ2v) is 5.70. The third kappa shape index (κ3) is 3.45. The molecule has 1 atom stereocenters. The molecular weight excluding hydrogens is 222 g/mol. The summed E-state index contributed by atoms with van der Waals surface area (Å²) in [5.41, 5.74) is 1.15. The lowest BCUT2D eigenvalue weighted by atomic mass is 10.2. The molecule has 0 aliphatic carbocycles. The standard InChI is InChI=1S/C15H25N3/c1-12(2)10-16-11-14-7-4-8-15(17-14)18-9-5-6-13(18)3/h4,7-8,12-13,16H,5-6,9-11H2,1-3H3. The van der Waals surface area contributed by atoms with Gasteiger partial charge in [0.25, 0.3) is 0 Å². The molecule has 0 spiro atoms. The molecular formula is C15H25N3. The summed E-state index contributed by atoms with van der Waals surface area (Å²) in [7, 11) is 0. The first-order chi connectivity index (χ1) is 8.66. The summed E-state index contributed by atoms with van der Waals surface area (Å²) in [6, 6.07) is 7.00. The van der Waals surface area contributed by atoms with Gasteiger partial charge < -0.3 is 10.2 Å². The summed E-state index contributed by atoms with van der Waals surface area (Å²) in [4.78, 5) is 7.19. The minimum Gasteiger partial charge on any atom is -0.354 e. The Morgan fingerprint density at radius 2 is 2.28 bits per heavy atom. The number of aromatic nitrogens is 1. The number of nitrogens with one attached hydrogen (secondary N) is 1. The molecule has 1 N–H and O–H groups in total. The maximum atomic E-state index is 4.77. The molecule has 2 heterocycles. The molecule has 100 valence electrons. The average Bonchev–Trinajstić information content (AvgIpc) is 2.75. The van der Waals surface area contributed by atoms with Crippen molar-refractivity contribution in [3.8, 4) is 0 Å². The highest BCUT2D eigenvalue weighted by molar-refractivity contribution is 5.41. The minimum absolute atomic E-state index is 0.636. The Morgan fingerprint density at radius 3 is 2.94 bits per heavy atom. The lowest BCUT2D eigenvalue weighted by Crippen LogP contribution is -2.27. The van der Waals surface area contributed by atoms with Gasteiger partial charge in [-0.05, 0) is 44.4 Å². The normalized spacial score (nSPS) is 19.8. The van der Waals surface area contributed by atoms with Crippen LogP contribution in [-0.4, -0.2) is 24.1 Å². The molecule has 1 saturated heterocycles. The number of hydrogen-bond donors (Lipinski definition) is 1. The second kappa shape index (κ2) is 6.19. The predicted octanol–water partition coefficient (Wildman–Crippen LogP) is 2.82. The first-order valence-electron chi connectivity index (χ1n) is 7.10. The lowest BCUT2D eigenvalue weighted by molar-refractivity contribution is 0.548. The Hall–Kier alpha value is -1.09. The van der Waals surface area contributed by atoms with Crippen LogP contribution < -0.4 is 10.2 Å². The molecule has 1 fully saturated rings. The van der Waals surface area contributed by atoms with Crippen LogP contribution >= 0.6 is 0 Å². The second-order valence-electron chi connectivity index (χ2n) is 5.70. The number of nitrogens with zero attached hydrogens (tertiary/aromatic N) is 2. The first kappa shape index (κ1) is 13.3. The van der Waals surface area contributed by atoms with E-state index >= 15 is 0 Å². The van der Waals surface area contributed by atoms with Crippen LogP contribution in [0.5, 0.6) is 0 Å². The molecule has 1 aliphatic heterocycles. The Labute approximate surface area is 111 Å². The van der Waals surface area contributed by atoms with E-state index < -0.39 is 0 Å². The zero-order valence-electron chi connectivity index (χ0n) is 11.8. The summed E-state index contributed by atoms with van der Waals surface area (Å²) >= 11 is 0. The third-order valence-corrected chi connectivity index (χ3v) is 3.50.